The van der Waals surface area contributed by atoms with Crippen molar-refractivity contribution in [1.29, 1.82) is 0 Å². The minimum atomic E-state index is -8.08. The van der Waals surface area contributed by atoms with Crippen LogP contribution in [0, 0.1) is 0 Å². The molecule has 0 saturated heterocycles. The number of aromatic nitrogens is 2. The van der Waals surface area contributed by atoms with Gasteiger partial charge in [0.1, 0.15) is 0 Å². The molecule has 0 spiro atoms. The van der Waals surface area contributed by atoms with Gasteiger partial charge in [0.25, 0.3) is 0 Å². The van der Waals surface area contributed by atoms with E-state index >= 15 is 0 Å². The van der Waals surface area contributed by atoms with Gasteiger partial charge in [0.15, 0.2) is 0 Å². The molecule has 36 heavy (non-hydrogen) atoms. The van der Waals surface area contributed by atoms with Gasteiger partial charge < -0.3 is 0 Å². The number of alkyl halides is 17. The summed E-state index contributed by atoms with van der Waals surface area (Å²) in [5, 5.41) is 0.618. The Kier molecular flexibility index (Phi) is 7.82. The molecule has 1 aromatic heterocycles. The molecule has 208 valence electrons. The maximum absolute atomic E-state index is 14.2. The fraction of sp³-hybridized carbons (Fsp3) is 0.615. The molecule has 1 heterocycles. The van der Waals surface area contributed by atoms with Gasteiger partial charge in [-0.3, -0.25) is 19.6 Å². The SMILES string of the molecule is O=C(Nc1ncccn1)[C@@](F)(OC(F)(F)[C@@](F)(OC(F)(F)C(F)(F)C(F)(F)F)C(F)(F)F)C(F)(F)F. The molecule has 1 N–H and O–H groups in total. The van der Waals surface area contributed by atoms with Gasteiger partial charge in [-0.05, 0) is 6.07 Å². The highest BCUT2D eigenvalue weighted by molar-refractivity contribution is 5.95. The summed E-state index contributed by atoms with van der Waals surface area (Å²) in [6, 6.07) is 0.891. The van der Waals surface area contributed by atoms with Gasteiger partial charge in [0, 0.05) is 12.4 Å². The normalized spacial score (nSPS) is 17.8. The van der Waals surface area contributed by atoms with E-state index < -0.39 is 60.2 Å². The van der Waals surface area contributed by atoms with E-state index in [1.807, 2.05) is 4.74 Å². The second kappa shape index (κ2) is 8.99. The third-order valence-electron chi connectivity index (χ3n) is 3.45. The quantitative estimate of drug-likeness (QED) is 0.429. The fourth-order valence-electron chi connectivity index (χ4n) is 1.71. The molecule has 0 radical (unpaired) electrons. The van der Waals surface area contributed by atoms with Gasteiger partial charge in [-0.1, -0.05) is 0 Å². The molecule has 0 aliphatic heterocycles. The van der Waals surface area contributed by atoms with E-state index in [1.165, 1.54) is 4.74 Å². The lowest BCUT2D eigenvalue weighted by Gasteiger charge is -2.40. The van der Waals surface area contributed by atoms with Gasteiger partial charge >= 0.3 is 54.3 Å². The largest absolute Gasteiger partial charge is 0.462 e. The minimum Gasteiger partial charge on any atom is -0.289 e. The number of carbonyl (C=O) groups excluding carboxylic acids is 1. The van der Waals surface area contributed by atoms with E-state index in [1.54, 1.807) is 0 Å². The molecule has 1 rings (SSSR count). The van der Waals surface area contributed by atoms with Crippen molar-refractivity contribution >= 4 is 11.9 Å². The van der Waals surface area contributed by atoms with Crippen molar-refractivity contribution < 1.29 is 88.9 Å². The van der Waals surface area contributed by atoms with Crippen LogP contribution in [0.15, 0.2) is 18.5 Å². The van der Waals surface area contributed by atoms with Crippen LogP contribution in [0.2, 0.25) is 0 Å². The van der Waals surface area contributed by atoms with E-state index in [0.29, 0.717) is 17.7 Å². The van der Waals surface area contributed by atoms with Crippen LogP contribution in [0.3, 0.4) is 0 Å². The van der Waals surface area contributed by atoms with Crippen molar-refractivity contribution in [2.24, 2.45) is 0 Å². The number of rotatable bonds is 8. The molecule has 23 heteroatoms. The number of halogens is 17. The zero-order valence-corrected chi connectivity index (χ0v) is 15.8. The molecule has 1 amide bonds. The third-order valence-corrected chi connectivity index (χ3v) is 3.45. The van der Waals surface area contributed by atoms with Crippen molar-refractivity contribution in [2.75, 3.05) is 5.32 Å². The highest BCUT2D eigenvalue weighted by Crippen LogP contribution is 2.56. The van der Waals surface area contributed by atoms with E-state index in [-0.39, 0.29) is 0 Å². The number of nitrogens with zero attached hydrogens (tertiary/aromatic N) is 2. The second-order valence-corrected chi connectivity index (χ2v) is 6.02. The zero-order valence-electron chi connectivity index (χ0n) is 15.8. The summed E-state index contributed by atoms with van der Waals surface area (Å²) in [5.74, 6) is -27.8. The molecule has 6 nitrogen and oxygen atoms in total. The summed E-state index contributed by atoms with van der Waals surface area (Å²) in [5.41, 5.74) is 0. The molecule has 0 saturated carbocycles. The van der Waals surface area contributed by atoms with Crippen LogP contribution in [0.4, 0.5) is 80.6 Å². The number of hydrogen-bond donors (Lipinski definition) is 1. The molecule has 1 aromatic rings. The molecular weight excluding hydrogens is 569 g/mol. The molecule has 0 aromatic carbocycles. The topological polar surface area (TPSA) is 73.3 Å². The summed E-state index contributed by atoms with van der Waals surface area (Å²) in [7, 11) is 0. The highest BCUT2D eigenvalue weighted by Gasteiger charge is 2.85. The first-order valence-electron chi connectivity index (χ1n) is 7.86. The molecule has 0 bridgehead atoms. The van der Waals surface area contributed by atoms with Crippen molar-refractivity contribution in [1.82, 2.24) is 9.97 Å². The Morgan fingerprint density at radius 2 is 1.08 bits per heavy atom. The van der Waals surface area contributed by atoms with Crippen LogP contribution in [0.1, 0.15) is 0 Å². The Morgan fingerprint density at radius 3 is 1.44 bits per heavy atom. The van der Waals surface area contributed by atoms with Crippen molar-refractivity contribution in [3.63, 3.8) is 0 Å². The standard InChI is InChI=1S/C13H4F17N3O3/c14-6(9(18,19)20,4(34)33-5-31-2-1-3-32-5)35-13(29,30)8(17,11(24,25)26)36-12(27,28)7(15,16)10(21,22)23/h1-3H,(H,31,32,33,34)/t6-,8+/m1/s1. The first-order valence-corrected chi connectivity index (χ1v) is 7.86. The highest BCUT2D eigenvalue weighted by atomic mass is 19.4. The Balaban J connectivity index is 3.61. The number of carbonyl (C=O) groups is 1. The maximum atomic E-state index is 14.2. The predicted octanol–water partition coefficient (Wildman–Crippen LogP) is 5.29. The Morgan fingerprint density at radius 1 is 0.639 bits per heavy atom. The van der Waals surface area contributed by atoms with Crippen molar-refractivity contribution in [2.45, 2.75) is 48.4 Å². The summed E-state index contributed by atoms with van der Waals surface area (Å²) in [6.07, 6.45) is -37.5. The third kappa shape index (κ3) is 5.49. The van der Waals surface area contributed by atoms with Crippen LogP contribution in [0.25, 0.3) is 0 Å². The first kappa shape index (κ1) is 31.3. The monoisotopic (exact) mass is 573 g/mol. The Labute approximate surface area is 184 Å². The second-order valence-electron chi connectivity index (χ2n) is 6.02. The van der Waals surface area contributed by atoms with Gasteiger partial charge in [0.2, 0.25) is 5.95 Å². The van der Waals surface area contributed by atoms with E-state index in [9.17, 15) is 79.4 Å². The smallest absolute Gasteiger partial charge is 0.289 e. The van der Waals surface area contributed by atoms with Crippen LogP contribution in [-0.2, 0) is 14.3 Å². The molecular formula is C13H4F17N3O3. The van der Waals surface area contributed by atoms with Gasteiger partial charge in [0.05, 0.1) is 0 Å². The lowest BCUT2D eigenvalue weighted by atomic mass is 10.2. The minimum absolute atomic E-state index is 0.596. The van der Waals surface area contributed by atoms with Gasteiger partial charge in [-0.25, -0.2) is 9.97 Å². The lowest BCUT2D eigenvalue weighted by molar-refractivity contribution is -0.548. The lowest BCUT2D eigenvalue weighted by Crippen LogP contribution is -2.68. The Bertz CT molecular complexity index is 932. The van der Waals surface area contributed by atoms with E-state index in [4.69, 9.17) is 0 Å². The van der Waals surface area contributed by atoms with E-state index in [2.05, 4.69) is 9.97 Å². The average Bonchev–Trinajstić information content (AvgIpc) is 2.65. The van der Waals surface area contributed by atoms with Gasteiger partial charge in [-0.15, -0.1) is 0 Å². The number of ether oxygens (including phenoxy) is 2. The van der Waals surface area contributed by atoms with Crippen LogP contribution in [-0.4, -0.2) is 64.3 Å². The number of hydrogen-bond acceptors (Lipinski definition) is 5. The molecule has 0 aliphatic rings. The molecule has 2 atom stereocenters. The molecule has 0 aliphatic carbocycles. The summed E-state index contributed by atoms with van der Waals surface area (Å²) < 4.78 is 224. The van der Waals surface area contributed by atoms with Crippen molar-refractivity contribution in [3.05, 3.63) is 18.5 Å². The fourth-order valence-corrected chi connectivity index (χ4v) is 1.71. The zero-order chi connectivity index (χ0) is 28.8. The molecule has 0 fully saturated rings. The summed E-state index contributed by atoms with van der Waals surface area (Å²) >= 11 is 0. The Hall–Kier alpha value is -2.72. The first-order chi connectivity index (χ1) is 15.7. The van der Waals surface area contributed by atoms with Gasteiger partial charge in [-0.2, -0.15) is 74.6 Å². The van der Waals surface area contributed by atoms with Crippen LogP contribution >= 0.6 is 0 Å². The summed E-state index contributed by atoms with van der Waals surface area (Å²) in [6.45, 7) is 0. The predicted molar refractivity (Wildman–Crippen MR) is 73.5 cm³/mol. The average molecular weight is 573 g/mol. The maximum Gasteiger partial charge on any atom is 0.462 e. The van der Waals surface area contributed by atoms with Crippen LogP contribution in [0.5, 0.6) is 0 Å². The summed E-state index contributed by atoms with van der Waals surface area (Å²) in [4.78, 5) is 17.3. The number of nitrogens with one attached hydrogen (secondary N) is 1. The van der Waals surface area contributed by atoms with E-state index in [0.717, 1.165) is 6.07 Å². The van der Waals surface area contributed by atoms with Crippen LogP contribution < -0.4 is 5.32 Å². The molecule has 0 unspecified atom stereocenters. The number of amides is 1. The number of anilines is 1. The van der Waals surface area contributed by atoms with Crippen molar-refractivity contribution in [3.8, 4) is 0 Å².